The predicted molar refractivity (Wildman–Crippen MR) is 99.0 cm³/mol. The predicted octanol–water partition coefficient (Wildman–Crippen LogP) is 1.06. The summed E-state index contributed by atoms with van der Waals surface area (Å²) in [6.45, 7) is 12.7. The van der Waals surface area contributed by atoms with Gasteiger partial charge in [0.2, 0.25) is 11.8 Å². The van der Waals surface area contributed by atoms with Crippen molar-refractivity contribution in [2.45, 2.75) is 53.5 Å². The van der Waals surface area contributed by atoms with Gasteiger partial charge in [-0.25, -0.2) is 0 Å². The second-order valence-electron chi connectivity index (χ2n) is 5.78. The molecule has 0 bridgehead atoms. The summed E-state index contributed by atoms with van der Waals surface area (Å²) in [4.78, 5) is 32.0. The third-order valence-corrected chi connectivity index (χ3v) is 3.81. The van der Waals surface area contributed by atoms with Crippen molar-refractivity contribution in [1.29, 1.82) is 0 Å². The topological polar surface area (TPSA) is 77.0 Å². The van der Waals surface area contributed by atoms with Gasteiger partial charge >= 0.3 is 0 Å². The lowest BCUT2D eigenvalue weighted by atomic mass is 10.2. The first-order chi connectivity index (χ1) is 11.4. The minimum Gasteiger partial charge on any atom is -0.357 e. The van der Waals surface area contributed by atoms with Crippen LogP contribution < -0.4 is 10.6 Å². The van der Waals surface area contributed by atoms with Crippen LogP contribution >= 0.6 is 0 Å². The van der Waals surface area contributed by atoms with E-state index in [2.05, 4.69) is 15.6 Å². The standard InChI is InChI=1S/C17H35N5O2/c1-7-14(5)20-15(23)11-12-19-17(18-8-2)21(6)13-16(24)22(9-3)10-4/h14H,7-13H2,1-6H3,(H,18,19)(H,20,23). The zero-order valence-electron chi connectivity index (χ0n) is 16.2. The molecule has 0 aromatic carbocycles. The van der Waals surface area contributed by atoms with Gasteiger partial charge in [0.15, 0.2) is 5.96 Å². The fourth-order valence-electron chi connectivity index (χ4n) is 2.14. The lowest BCUT2D eigenvalue weighted by Gasteiger charge is -2.25. The molecule has 0 radical (unpaired) electrons. The molecule has 0 saturated carbocycles. The van der Waals surface area contributed by atoms with E-state index in [9.17, 15) is 9.59 Å². The molecule has 0 aromatic rings. The van der Waals surface area contributed by atoms with Crippen LogP contribution in [0.15, 0.2) is 4.99 Å². The molecule has 2 amide bonds. The van der Waals surface area contributed by atoms with Crippen LogP contribution in [0.25, 0.3) is 0 Å². The molecular weight excluding hydrogens is 306 g/mol. The van der Waals surface area contributed by atoms with Gasteiger partial charge in [0.1, 0.15) is 0 Å². The van der Waals surface area contributed by atoms with Crippen LogP contribution in [0.5, 0.6) is 0 Å². The Morgan fingerprint density at radius 3 is 2.25 bits per heavy atom. The molecule has 2 N–H and O–H groups in total. The highest BCUT2D eigenvalue weighted by Gasteiger charge is 2.15. The molecule has 0 aliphatic carbocycles. The summed E-state index contributed by atoms with van der Waals surface area (Å²) in [6.07, 6.45) is 1.25. The maximum absolute atomic E-state index is 12.2. The summed E-state index contributed by atoms with van der Waals surface area (Å²) in [5.74, 6) is 0.725. The number of nitrogens with one attached hydrogen (secondary N) is 2. The Kier molecular flexibility index (Phi) is 11.7. The van der Waals surface area contributed by atoms with E-state index in [4.69, 9.17) is 0 Å². The molecule has 24 heavy (non-hydrogen) atoms. The average Bonchev–Trinajstić information content (AvgIpc) is 2.54. The van der Waals surface area contributed by atoms with Gasteiger partial charge in [-0.15, -0.1) is 0 Å². The highest BCUT2D eigenvalue weighted by molar-refractivity contribution is 5.86. The summed E-state index contributed by atoms with van der Waals surface area (Å²) < 4.78 is 0. The average molecular weight is 342 g/mol. The van der Waals surface area contributed by atoms with Crippen molar-refractivity contribution in [3.8, 4) is 0 Å². The Morgan fingerprint density at radius 2 is 1.75 bits per heavy atom. The molecule has 1 unspecified atom stereocenters. The first kappa shape index (κ1) is 22.2. The van der Waals surface area contributed by atoms with E-state index in [1.165, 1.54) is 0 Å². The number of hydrogen-bond acceptors (Lipinski definition) is 3. The van der Waals surface area contributed by atoms with Crippen molar-refractivity contribution >= 4 is 17.8 Å². The Labute approximate surface area is 146 Å². The number of guanidine groups is 1. The first-order valence-corrected chi connectivity index (χ1v) is 8.95. The minimum atomic E-state index is 0.00539. The van der Waals surface area contributed by atoms with Crippen LogP contribution in [0, 0.1) is 0 Å². The molecule has 0 aliphatic rings. The number of likely N-dealkylation sites (N-methyl/N-ethyl adjacent to an activating group) is 2. The molecular formula is C17H35N5O2. The van der Waals surface area contributed by atoms with Gasteiger partial charge in [0.05, 0.1) is 13.1 Å². The lowest BCUT2D eigenvalue weighted by molar-refractivity contribution is -0.131. The fourth-order valence-corrected chi connectivity index (χ4v) is 2.14. The number of nitrogens with zero attached hydrogens (tertiary/aromatic N) is 3. The molecule has 0 heterocycles. The van der Waals surface area contributed by atoms with Crippen molar-refractivity contribution in [1.82, 2.24) is 20.4 Å². The van der Waals surface area contributed by atoms with E-state index in [1.54, 1.807) is 9.80 Å². The summed E-state index contributed by atoms with van der Waals surface area (Å²) >= 11 is 0. The normalized spacial score (nSPS) is 12.5. The Hall–Kier alpha value is -1.79. The van der Waals surface area contributed by atoms with Crippen LogP contribution in [0.1, 0.15) is 47.5 Å². The molecule has 140 valence electrons. The van der Waals surface area contributed by atoms with Crippen LogP contribution in [0.2, 0.25) is 0 Å². The number of carbonyl (C=O) groups is 2. The Balaban J connectivity index is 4.59. The minimum absolute atomic E-state index is 0.00539. The Morgan fingerprint density at radius 1 is 1.12 bits per heavy atom. The summed E-state index contributed by atoms with van der Waals surface area (Å²) in [5, 5.41) is 6.09. The fraction of sp³-hybridized carbons (Fsp3) is 0.824. The van der Waals surface area contributed by atoms with E-state index >= 15 is 0 Å². The van der Waals surface area contributed by atoms with Crippen molar-refractivity contribution < 1.29 is 9.59 Å². The van der Waals surface area contributed by atoms with Crippen LogP contribution in [0.4, 0.5) is 0 Å². The second kappa shape index (κ2) is 12.6. The maximum atomic E-state index is 12.2. The molecule has 0 fully saturated rings. The molecule has 0 spiro atoms. The lowest BCUT2D eigenvalue weighted by Crippen LogP contribution is -2.45. The van der Waals surface area contributed by atoms with Gasteiger partial charge in [-0.05, 0) is 34.1 Å². The van der Waals surface area contributed by atoms with Gasteiger partial charge < -0.3 is 20.4 Å². The van der Waals surface area contributed by atoms with E-state index in [-0.39, 0.29) is 24.4 Å². The number of aliphatic imine (C=N–C) groups is 1. The SMILES string of the molecule is CCNC(=NCCC(=O)NC(C)CC)N(C)CC(=O)N(CC)CC. The Bertz CT molecular complexity index is 408. The first-order valence-electron chi connectivity index (χ1n) is 8.95. The van der Waals surface area contributed by atoms with E-state index in [0.29, 0.717) is 38.6 Å². The van der Waals surface area contributed by atoms with Gasteiger partial charge in [-0.2, -0.15) is 0 Å². The quantitative estimate of drug-likeness (QED) is 0.460. The zero-order chi connectivity index (χ0) is 18.5. The monoisotopic (exact) mass is 341 g/mol. The molecule has 0 aliphatic heterocycles. The smallest absolute Gasteiger partial charge is 0.242 e. The summed E-state index contributed by atoms with van der Waals surface area (Å²) in [5.41, 5.74) is 0. The highest BCUT2D eigenvalue weighted by atomic mass is 16.2. The molecule has 7 heteroatoms. The molecule has 0 rings (SSSR count). The third-order valence-electron chi connectivity index (χ3n) is 3.81. The van der Waals surface area contributed by atoms with Gasteiger partial charge in [-0.1, -0.05) is 6.92 Å². The van der Waals surface area contributed by atoms with Crippen molar-refractivity contribution in [3.63, 3.8) is 0 Å². The van der Waals surface area contributed by atoms with Gasteiger partial charge in [-0.3, -0.25) is 14.6 Å². The zero-order valence-corrected chi connectivity index (χ0v) is 16.2. The molecule has 7 nitrogen and oxygen atoms in total. The number of carbonyl (C=O) groups excluding carboxylic acids is 2. The number of amides is 2. The number of rotatable bonds is 10. The van der Waals surface area contributed by atoms with E-state index < -0.39 is 0 Å². The third kappa shape index (κ3) is 8.74. The largest absolute Gasteiger partial charge is 0.357 e. The van der Waals surface area contributed by atoms with Crippen LogP contribution in [0.3, 0.4) is 0 Å². The van der Waals surface area contributed by atoms with Crippen molar-refractivity contribution in [3.05, 3.63) is 0 Å². The van der Waals surface area contributed by atoms with Gasteiger partial charge in [0.25, 0.3) is 0 Å². The summed E-state index contributed by atoms with van der Waals surface area (Å²) in [7, 11) is 1.84. The summed E-state index contributed by atoms with van der Waals surface area (Å²) in [6, 6.07) is 0.184. The van der Waals surface area contributed by atoms with Crippen molar-refractivity contribution in [2.75, 3.05) is 39.8 Å². The molecule has 1 atom stereocenters. The second-order valence-corrected chi connectivity index (χ2v) is 5.78. The maximum Gasteiger partial charge on any atom is 0.242 e. The molecule has 0 saturated heterocycles. The van der Waals surface area contributed by atoms with Crippen molar-refractivity contribution in [2.24, 2.45) is 4.99 Å². The highest BCUT2D eigenvalue weighted by Crippen LogP contribution is 1.95. The molecule has 0 aromatic heterocycles. The van der Waals surface area contributed by atoms with E-state index in [1.807, 2.05) is 41.7 Å². The van der Waals surface area contributed by atoms with Crippen LogP contribution in [-0.4, -0.2) is 73.4 Å². The van der Waals surface area contributed by atoms with E-state index in [0.717, 1.165) is 6.42 Å². The van der Waals surface area contributed by atoms with Gasteiger partial charge in [0, 0.05) is 39.1 Å². The van der Waals surface area contributed by atoms with Crippen LogP contribution in [-0.2, 0) is 9.59 Å². The number of hydrogen-bond donors (Lipinski definition) is 2.